The van der Waals surface area contributed by atoms with Gasteiger partial charge in [-0.25, -0.2) is 4.79 Å². The maximum absolute atomic E-state index is 12.1. The lowest BCUT2D eigenvalue weighted by molar-refractivity contribution is -0.124. The van der Waals surface area contributed by atoms with Crippen molar-refractivity contribution in [3.8, 4) is 0 Å². The van der Waals surface area contributed by atoms with Gasteiger partial charge in [-0.2, -0.15) is 0 Å². The molecular formula is C18H18ClNO3S. The predicted octanol–water partition coefficient (Wildman–Crippen LogP) is 3.84. The number of halogens is 1. The van der Waals surface area contributed by atoms with E-state index < -0.39 is 5.97 Å². The maximum atomic E-state index is 12.1. The summed E-state index contributed by atoms with van der Waals surface area (Å²) < 4.78 is 5.04. The van der Waals surface area contributed by atoms with Crippen LogP contribution in [-0.4, -0.2) is 24.7 Å². The van der Waals surface area contributed by atoms with Gasteiger partial charge in [0, 0.05) is 11.4 Å². The van der Waals surface area contributed by atoms with Crippen molar-refractivity contribution in [2.24, 2.45) is 0 Å². The van der Waals surface area contributed by atoms with Gasteiger partial charge in [-0.15, -0.1) is 11.8 Å². The number of nitrogens with one attached hydrogen (secondary N) is 1. The van der Waals surface area contributed by atoms with E-state index in [1.807, 2.05) is 43.5 Å². The molecule has 0 heterocycles. The average Bonchev–Trinajstić information content (AvgIpc) is 2.59. The Morgan fingerprint density at radius 3 is 2.67 bits per heavy atom. The number of carbonyl (C=O) groups is 2. The topological polar surface area (TPSA) is 55.4 Å². The van der Waals surface area contributed by atoms with Crippen LogP contribution in [0.4, 0.5) is 0 Å². The van der Waals surface area contributed by atoms with E-state index in [2.05, 4.69) is 5.32 Å². The Hall–Kier alpha value is -1.98. The van der Waals surface area contributed by atoms with E-state index in [0.717, 1.165) is 16.0 Å². The Labute approximate surface area is 150 Å². The molecule has 0 aliphatic rings. The second-order valence-electron chi connectivity index (χ2n) is 5.13. The summed E-state index contributed by atoms with van der Waals surface area (Å²) in [7, 11) is 0. The number of hydrogen-bond donors (Lipinski definition) is 1. The molecule has 0 aliphatic heterocycles. The van der Waals surface area contributed by atoms with Crippen molar-refractivity contribution < 1.29 is 14.3 Å². The Kier molecular flexibility index (Phi) is 6.70. The predicted molar refractivity (Wildman–Crippen MR) is 96.5 cm³/mol. The molecule has 1 N–H and O–H groups in total. The second kappa shape index (κ2) is 8.76. The molecule has 0 saturated heterocycles. The number of rotatable bonds is 6. The zero-order valence-electron chi connectivity index (χ0n) is 13.5. The van der Waals surface area contributed by atoms with Crippen LogP contribution < -0.4 is 5.32 Å². The van der Waals surface area contributed by atoms with Gasteiger partial charge < -0.3 is 10.1 Å². The van der Waals surface area contributed by atoms with Crippen LogP contribution in [0.2, 0.25) is 5.02 Å². The zero-order chi connectivity index (χ0) is 17.5. The number of aryl methyl sites for hydroxylation is 1. The van der Waals surface area contributed by atoms with Crippen LogP contribution in [0.15, 0.2) is 47.4 Å². The van der Waals surface area contributed by atoms with E-state index in [1.165, 1.54) is 11.8 Å². The summed E-state index contributed by atoms with van der Waals surface area (Å²) in [5, 5.41) is 3.03. The number of esters is 1. The van der Waals surface area contributed by atoms with Crippen molar-refractivity contribution >= 4 is 35.2 Å². The molecule has 0 bridgehead atoms. The molecule has 0 atom stereocenters. The smallest absolute Gasteiger partial charge is 0.340 e. The molecule has 1 amide bonds. The number of benzene rings is 2. The maximum Gasteiger partial charge on any atom is 0.340 e. The number of carbonyl (C=O) groups excluding carboxylic acids is 2. The third-order valence-corrected chi connectivity index (χ3v) is 4.52. The van der Waals surface area contributed by atoms with Crippen molar-refractivity contribution in [2.45, 2.75) is 18.4 Å². The molecule has 0 aromatic heterocycles. The molecule has 2 rings (SSSR count). The van der Waals surface area contributed by atoms with Crippen LogP contribution in [0, 0.1) is 6.92 Å². The summed E-state index contributed by atoms with van der Waals surface area (Å²) >= 11 is 7.51. The highest BCUT2D eigenvalue weighted by Crippen LogP contribution is 2.23. The van der Waals surface area contributed by atoms with Crippen molar-refractivity contribution in [1.29, 1.82) is 0 Å². The van der Waals surface area contributed by atoms with Gasteiger partial charge >= 0.3 is 5.97 Å². The highest BCUT2D eigenvalue weighted by Gasteiger charge is 2.14. The van der Waals surface area contributed by atoms with E-state index in [1.54, 1.807) is 12.1 Å². The Morgan fingerprint density at radius 2 is 1.96 bits per heavy atom. The standard InChI is InChI=1S/C18H18ClNO3S/c1-12-5-3-4-6-13(12)10-20-17(21)11-23-18(22)15-9-14(24-2)7-8-16(15)19/h3-9H,10-11H2,1-2H3,(H,20,21). The summed E-state index contributed by atoms with van der Waals surface area (Å²) in [5.41, 5.74) is 2.37. The van der Waals surface area contributed by atoms with Gasteiger partial charge in [-0.1, -0.05) is 35.9 Å². The Bertz CT molecular complexity index is 749. The number of thioether (sulfide) groups is 1. The van der Waals surface area contributed by atoms with E-state index in [4.69, 9.17) is 16.3 Å². The molecule has 2 aromatic carbocycles. The van der Waals surface area contributed by atoms with Gasteiger partial charge in [0.15, 0.2) is 6.61 Å². The fourth-order valence-electron chi connectivity index (χ4n) is 2.05. The Balaban J connectivity index is 1.87. The first-order chi connectivity index (χ1) is 11.5. The van der Waals surface area contributed by atoms with Crippen LogP contribution in [0.5, 0.6) is 0 Å². The van der Waals surface area contributed by atoms with Crippen LogP contribution in [0.25, 0.3) is 0 Å². The monoisotopic (exact) mass is 363 g/mol. The van der Waals surface area contributed by atoms with E-state index in [-0.39, 0.29) is 18.1 Å². The van der Waals surface area contributed by atoms with Gasteiger partial charge in [0.2, 0.25) is 0 Å². The van der Waals surface area contributed by atoms with Gasteiger partial charge in [-0.3, -0.25) is 4.79 Å². The van der Waals surface area contributed by atoms with Crippen LogP contribution in [-0.2, 0) is 16.1 Å². The minimum Gasteiger partial charge on any atom is -0.452 e. The van der Waals surface area contributed by atoms with Gasteiger partial charge in [0.25, 0.3) is 5.91 Å². The van der Waals surface area contributed by atoms with E-state index >= 15 is 0 Å². The molecule has 0 radical (unpaired) electrons. The van der Waals surface area contributed by atoms with Gasteiger partial charge in [0.1, 0.15) is 0 Å². The molecule has 2 aromatic rings. The molecule has 6 heteroatoms. The fraction of sp³-hybridized carbons (Fsp3) is 0.222. The third kappa shape index (κ3) is 5.01. The SMILES string of the molecule is CSc1ccc(Cl)c(C(=O)OCC(=O)NCc2ccccc2C)c1. The number of amides is 1. The highest BCUT2D eigenvalue weighted by atomic mass is 35.5. The van der Waals surface area contributed by atoms with Crippen LogP contribution in [0.3, 0.4) is 0 Å². The molecular weight excluding hydrogens is 346 g/mol. The van der Waals surface area contributed by atoms with E-state index in [9.17, 15) is 9.59 Å². The average molecular weight is 364 g/mol. The lowest BCUT2D eigenvalue weighted by Crippen LogP contribution is -2.28. The van der Waals surface area contributed by atoms with Gasteiger partial charge in [0.05, 0.1) is 10.6 Å². The molecule has 0 spiro atoms. The van der Waals surface area contributed by atoms with Crippen LogP contribution >= 0.6 is 23.4 Å². The minimum absolute atomic E-state index is 0.259. The molecule has 0 saturated carbocycles. The Morgan fingerprint density at radius 1 is 1.21 bits per heavy atom. The summed E-state index contributed by atoms with van der Waals surface area (Å²) in [5.74, 6) is -0.967. The van der Waals surface area contributed by atoms with Crippen molar-refractivity contribution in [3.05, 3.63) is 64.2 Å². The quantitative estimate of drug-likeness (QED) is 0.625. The molecule has 0 aliphatic carbocycles. The summed E-state index contributed by atoms with van der Waals surface area (Å²) in [6.45, 7) is 2.03. The normalized spacial score (nSPS) is 10.3. The fourth-order valence-corrected chi connectivity index (χ4v) is 2.68. The minimum atomic E-state index is -0.609. The van der Waals surface area contributed by atoms with Crippen molar-refractivity contribution in [3.63, 3.8) is 0 Å². The number of hydrogen-bond acceptors (Lipinski definition) is 4. The number of ether oxygens (including phenoxy) is 1. The molecule has 24 heavy (non-hydrogen) atoms. The molecule has 4 nitrogen and oxygen atoms in total. The van der Waals surface area contributed by atoms with Crippen molar-refractivity contribution in [2.75, 3.05) is 12.9 Å². The third-order valence-electron chi connectivity index (χ3n) is 3.47. The lowest BCUT2D eigenvalue weighted by Gasteiger charge is -2.09. The van der Waals surface area contributed by atoms with Gasteiger partial charge in [-0.05, 0) is 42.5 Å². The van der Waals surface area contributed by atoms with E-state index in [0.29, 0.717) is 11.6 Å². The zero-order valence-corrected chi connectivity index (χ0v) is 15.0. The van der Waals surface area contributed by atoms with Crippen molar-refractivity contribution in [1.82, 2.24) is 5.32 Å². The summed E-state index contributed by atoms with van der Waals surface area (Å²) in [6.07, 6.45) is 1.90. The first kappa shape index (κ1) is 18.4. The summed E-state index contributed by atoms with van der Waals surface area (Å²) in [4.78, 5) is 24.8. The summed E-state index contributed by atoms with van der Waals surface area (Å²) in [6, 6.07) is 12.9. The largest absolute Gasteiger partial charge is 0.452 e. The lowest BCUT2D eigenvalue weighted by atomic mass is 10.1. The molecule has 126 valence electrons. The van der Waals surface area contributed by atoms with Crippen LogP contribution in [0.1, 0.15) is 21.5 Å². The first-order valence-electron chi connectivity index (χ1n) is 7.33. The first-order valence-corrected chi connectivity index (χ1v) is 8.93. The molecule has 0 unspecified atom stereocenters. The highest BCUT2D eigenvalue weighted by molar-refractivity contribution is 7.98. The second-order valence-corrected chi connectivity index (χ2v) is 6.41. The molecule has 0 fully saturated rings.